The van der Waals surface area contributed by atoms with Crippen molar-refractivity contribution < 1.29 is 14.9 Å². The van der Waals surface area contributed by atoms with Gasteiger partial charge < -0.3 is 14.9 Å². The van der Waals surface area contributed by atoms with Crippen LogP contribution in [0.1, 0.15) is 5.56 Å². The van der Waals surface area contributed by atoms with Gasteiger partial charge in [-0.25, -0.2) is 0 Å². The Bertz CT molecular complexity index is 247. The summed E-state index contributed by atoms with van der Waals surface area (Å²) >= 11 is 0. The van der Waals surface area contributed by atoms with Gasteiger partial charge in [0.1, 0.15) is 12.4 Å². The highest BCUT2D eigenvalue weighted by Gasteiger charge is 2.04. The van der Waals surface area contributed by atoms with Gasteiger partial charge in [0.25, 0.3) is 0 Å². The summed E-state index contributed by atoms with van der Waals surface area (Å²) in [6, 6.07) is 7.31. The molecule has 1 aromatic carbocycles. The Morgan fingerprint density at radius 3 is 2.67 bits per heavy atom. The molecule has 1 unspecified atom stereocenters. The molecule has 1 atom stereocenters. The van der Waals surface area contributed by atoms with Gasteiger partial charge in [0, 0.05) is 0 Å². The van der Waals surface area contributed by atoms with E-state index in [9.17, 15) is 0 Å². The molecule has 0 aliphatic heterocycles. The predicted octanol–water partition coefficient (Wildman–Crippen LogP) is 0.685. The molecular weight excluding hydrogens is 156 g/mol. The Morgan fingerprint density at radius 1 is 1.42 bits per heavy atom. The lowest BCUT2D eigenvalue weighted by Crippen LogP contribution is -2.20. The molecule has 12 heavy (non-hydrogen) atoms. The Balaban J connectivity index is 2.69. The van der Waals surface area contributed by atoms with Crippen LogP contribution in [0.15, 0.2) is 24.3 Å². The largest absolute Gasteiger partial charge is 0.462 e. The predicted molar refractivity (Wildman–Crippen MR) is 44.9 cm³/mol. The average Bonchev–Trinajstić information content (AvgIpc) is 2.09. The summed E-state index contributed by atoms with van der Waals surface area (Å²) in [5.41, 5.74) is 0.935. The van der Waals surface area contributed by atoms with E-state index in [2.05, 4.69) is 0 Å². The van der Waals surface area contributed by atoms with Gasteiger partial charge in [-0.05, 0) is 18.6 Å². The van der Waals surface area contributed by atoms with Crippen LogP contribution < -0.4 is 4.74 Å². The fraction of sp³-hybridized carbons (Fsp3) is 0.333. The van der Waals surface area contributed by atoms with Crippen molar-refractivity contribution >= 4 is 0 Å². The standard InChI is InChI=1S/C9H12O3/c1-7-4-2-3-5-8(7)12-9(11)6-10/h2-5,9-11H,6H2,1H3. The minimum Gasteiger partial charge on any atom is -0.462 e. The van der Waals surface area contributed by atoms with Crippen LogP contribution in [0, 0.1) is 6.92 Å². The monoisotopic (exact) mass is 168 g/mol. The van der Waals surface area contributed by atoms with Gasteiger partial charge in [-0.1, -0.05) is 18.2 Å². The topological polar surface area (TPSA) is 49.7 Å². The van der Waals surface area contributed by atoms with Crippen molar-refractivity contribution in [3.05, 3.63) is 29.8 Å². The molecule has 0 aromatic heterocycles. The van der Waals surface area contributed by atoms with Crippen molar-refractivity contribution in [3.8, 4) is 5.75 Å². The van der Waals surface area contributed by atoms with E-state index in [4.69, 9.17) is 14.9 Å². The molecule has 3 nitrogen and oxygen atoms in total. The Hall–Kier alpha value is -1.06. The number of aliphatic hydroxyl groups is 2. The summed E-state index contributed by atoms with van der Waals surface area (Å²) < 4.78 is 5.00. The third-order valence-electron chi connectivity index (χ3n) is 1.51. The molecule has 0 heterocycles. The Labute approximate surface area is 71.2 Å². The third-order valence-corrected chi connectivity index (χ3v) is 1.51. The van der Waals surface area contributed by atoms with E-state index in [1.807, 2.05) is 25.1 Å². The van der Waals surface area contributed by atoms with Crippen molar-refractivity contribution in [3.63, 3.8) is 0 Å². The fourth-order valence-corrected chi connectivity index (χ4v) is 0.872. The number of hydrogen-bond acceptors (Lipinski definition) is 3. The average molecular weight is 168 g/mol. The lowest BCUT2D eigenvalue weighted by molar-refractivity contribution is -0.0552. The minimum absolute atomic E-state index is 0.395. The third kappa shape index (κ3) is 2.22. The number of ether oxygens (including phenoxy) is 1. The van der Waals surface area contributed by atoms with E-state index in [-0.39, 0.29) is 0 Å². The number of hydrogen-bond donors (Lipinski definition) is 2. The molecule has 66 valence electrons. The number of para-hydroxylation sites is 1. The Kier molecular flexibility index (Phi) is 3.08. The summed E-state index contributed by atoms with van der Waals surface area (Å²) in [5.74, 6) is 0.596. The normalized spacial score (nSPS) is 12.6. The van der Waals surface area contributed by atoms with E-state index in [0.717, 1.165) is 5.56 Å². The number of benzene rings is 1. The second-order valence-corrected chi connectivity index (χ2v) is 2.52. The van der Waals surface area contributed by atoms with E-state index >= 15 is 0 Å². The summed E-state index contributed by atoms with van der Waals surface area (Å²) in [5, 5.41) is 17.5. The molecule has 0 spiro atoms. The number of aryl methyl sites for hydroxylation is 1. The molecule has 0 fully saturated rings. The van der Waals surface area contributed by atoms with Crippen molar-refractivity contribution in [2.75, 3.05) is 6.61 Å². The molecule has 0 saturated heterocycles. The van der Waals surface area contributed by atoms with Crippen LogP contribution in [0.2, 0.25) is 0 Å². The van der Waals surface area contributed by atoms with Crippen LogP contribution in [0.3, 0.4) is 0 Å². The van der Waals surface area contributed by atoms with Gasteiger partial charge in [-0.2, -0.15) is 0 Å². The maximum Gasteiger partial charge on any atom is 0.220 e. The summed E-state index contributed by atoms with van der Waals surface area (Å²) in [4.78, 5) is 0. The van der Waals surface area contributed by atoms with Gasteiger partial charge in [-0.15, -0.1) is 0 Å². The molecule has 0 saturated carbocycles. The molecule has 2 N–H and O–H groups in total. The highest BCUT2D eigenvalue weighted by Crippen LogP contribution is 2.16. The quantitative estimate of drug-likeness (QED) is 0.653. The molecule has 0 aliphatic rings. The molecular formula is C9H12O3. The van der Waals surface area contributed by atoms with Gasteiger partial charge in [0.15, 0.2) is 0 Å². The zero-order valence-corrected chi connectivity index (χ0v) is 6.90. The fourth-order valence-electron chi connectivity index (χ4n) is 0.872. The lowest BCUT2D eigenvalue weighted by atomic mass is 10.2. The first-order valence-electron chi connectivity index (χ1n) is 3.75. The van der Waals surface area contributed by atoms with Crippen molar-refractivity contribution in [1.29, 1.82) is 0 Å². The lowest BCUT2D eigenvalue weighted by Gasteiger charge is -2.12. The minimum atomic E-state index is -1.13. The van der Waals surface area contributed by atoms with E-state index in [0.29, 0.717) is 5.75 Å². The zero-order chi connectivity index (χ0) is 8.97. The second kappa shape index (κ2) is 4.09. The van der Waals surface area contributed by atoms with Gasteiger partial charge in [0.2, 0.25) is 6.29 Å². The van der Waals surface area contributed by atoms with Gasteiger partial charge >= 0.3 is 0 Å². The van der Waals surface area contributed by atoms with Crippen molar-refractivity contribution in [2.24, 2.45) is 0 Å². The highest BCUT2D eigenvalue weighted by atomic mass is 16.6. The van der Waals surface area contributed by atoms with E-state index in [1.54, 1.807) is 6.07 Å². The van der Waals surface area contributed by atoms with Crippen molar-refractivity contribution in [1.82, 2.24) is 0 Å². The maximum atomic E-state index is 8.96. The van der Waals surface area contributed by atoms with Gasteiger partial charge in [-0.3, -0.25) is 0 Å². The second-order valence-electron chi connectivity index (χ2n) is 2.52. The van der Waals surface area contributed by atoms with Crippen molar-refractivity contribution in [2.45, 2.75) is 13.2 Å². The molecule has 1 rings (SSSR count). The number of aliphatic hydroxyl groups excluding tert-OH is 2. The SMILES string of the molecule is Cc1ccccc1OC(O)CO. The summed E-state index contributed by atoms with van der Waals surface area (Å²) in [6.45, 7) is 1.48. The van der Waals surface area contributed by atoms with Crippen LogP contribution in [-0.4, -0.2) is 23.1 Å². The maximum absolute atomic E-state index is 8.96. The van der Waals surface area contributed by atoms with Crippen LogP contribution >= 0.6 is 0 Å². The summed E-state index contributed by atoms with van der Waals surface area (Å²) in [7, 11) is 0. The van der Waals surface area contributed by atoms with Crippen LogP contribution in [0.4, 0.5) is 0 Å². The number of rotatable bonds is 3. The molecule has 3 heteroatoms. The molecule has 0 radical (unpaired) electrons. The molecule has 0 bridgehead atoms. The summed E-state index contributed by atoms with van der Waals surface area (Å²) in [6.07, 6.45) is -1.13. The van der Waals surface area contributed by atoms with E-state index < -0.39 is 12.9 Å². The first-order chi connectivity index (χ1) is 5.74. The van der Waals surface area contributed by atoms with Crippen LogP contribution in [0.5, 0.6) is 5.75 Å². The smallest absolute Gasteiger partial charge is 0.220 e. The Morgan fingerprint density at radius 2 is 2.08 bits per heavy atom. The van der Waals surface area contributed by atoms with E-state index in [1.165, 1.54) is 0 Å². The van der Waals surface area contributed by atoms with Gasteiger partial charge in [0.05, 0.1) is 0 Å². The zero-order valence-electron chi connectivity index (χ0n) is 6.90. The molecule has 0 aliphatic carbocycles. The molecule has 0 amide bonds. The molecule has 1 aromatic rings. The van der Waals surface area contributed by atoms with Crippen LogP contribution in [-0.2, 0) is 0 Å². The first kappa shape index (κ1) is 9.03. The highest BCUT2D eigenvalue weighted by molar-refractivity contribution is 5.31. The first-order valence-corrected chi connectivity index (χ1v) is 3.75. The van der Waals surface area contributed by atoms with Crippen LogP contribution in [0.25, 0.3) is 0 Å².